The van der Waals surface area contributed by atoms with Crippen molar-refractivity contribution in [2.24, 2.45) is 13.0 Å². The van der Waals surface area contributed by atoms with E-state index in [1.807, 2.05) is 11.7 Å². The highest BCUT2D eigenvalue weighted by Crippen LogP contribution is 2.34. The predicted octanol–water partition coefficient (Wildman–Crippen LogP) is 5.06. The van der Waals surface area contributed by atoms with Crippen molar-refractivity contribution in [2.75, 3.05) is 36.4 Å². The molecule has 0 radical (unpaired) electrons. The maximum Gasteiger partial charge on any atom is 0.255 e. The molecule has 3 aromatic heterocycles. The van der Waals surface area contributed by atoms with Gasteiger partial charge in [0.2, 0.25) is 23.7 Å². The van der Waals surface area contributed by atoms with Crippen molar-refractivity contribution in [1.82, 2.24) is 39.8 Å². The summed E-state index contributed by atoms with van der Waals surface area (Å²) in [5, 5.41) is 14.9. The van der Waals surface area contributed by atoms with Crippen LogP contribution in [0.2, 0.25) is 0 Å². The van der Waals surface area contributed by atoms with E-state index in [1.165, 1.54) is 16.8 Å². The van der Waals surface area contributed by atoms with Crippen LogP contribution in [-0.2, 0) is 21.4 Å². The number of hydrogen-bond acceptors (Lipinski definition) is 10. The van der Waals surface area contributed by atoms with Crippen molar-refractivity contribution >= 4 is 40.3 Å². The third-order valence-corrected chi connectivity index (χ3v) is 13.1. The smallest absolute Gasteiger partial charge is 0.255 e. The van der Waals surface area contributed by atoms with E-state index in [0.717, 1.165) is 99.8 Å². The van der Waals surface area contributed by atoms with Gasteiger partial charge < -0.3 is 15.5 Å². The molecule has 4 fully saturated rings. The zero-order chi connectivity index (χ0) is 41.3. The van der Waals surface area contributed by atoms with Gasteiger partial charge in [-0.1, -0.05) is 18.2 Å². The van der Waals surface area contributed by atoms with E-state index < -0.39 is 11.7 Å². The zero-order valence-electron chi connectivity index (χ0n) is 33.9. The number of fused-ring (bicyclic) bond motifs is 1. The summed E-state index contributed by atoms with van der Waals surface area (Å²) in [6.45, 7) is 3.83. The lowest BCUT2D eigenvalue weighted by Crippen LogP contribution is -2.52. The topological polar surface area (TPSA) is 159 Å². The Morgan fingerprint density at radius 2 is 1.62 bits per heavy atom. The third-order valence-electron chi connectivity index (χ3n) is 13.1. The minimum atomic E-state index is -0.545. The fourth-order valence-corrected chi connectivity index (χ4v) is 9.70. The number of aryl methyl sites for hydroxylation is 1. The summed E-state index contributed by atoms with van der Waals surface area (Å²) in [6.07, 6.45) is 10.9. The summed E-state index contributed by atoms with van der Waals surface area (Å²) in [5.41, 5.74) is 4.01. The van der Waals surface area contributed by atoms with Gasteiger partial charge >= 0.3 is 0 Å². The largest absolute Gasteiger partial charge is 0.369 e. The fourth-order valence-electron chi connectivity index (χ4n) is 9.70. The number of imide groups is 1. The monoisotopic (exact) mass is 814 g/mol. The van der Waals surface area contributed by atoms with E-state index in [2.05, 4.69) is 53.9 Å². The fraction of sp³-hybridized carbons (Fsp3) is 0.444. The quantitative estimate of drug-likeness (QED) is 0.172. The molecule has 1 unspecified atom stereocenters. The average molecular weight is 815 g/mol. The summed E-state index contributed by atoms with van der Waals surface area (Å²) >= 11 is 0. The van der Waals surface area contributed by atoms with Gasteiger partial charge in [0.25, 0.3) is 5.56 Å². The molecule has 5 aromatic rings. The first-order valence-corrected chi connectivity index (χ1v) is 21.3. The molecule has 2 aliphatic heterocycles. The van der Waals surface area contributed by atoms with Gasteiger partial charge in [-0.2, -0.15) is 5.10 Å². The lowest BCUT2D eigenvalue weighted by atomic mass is 9.84. The van der Waals surface area contributed by atoms with E-state index in [1.54, 1.807) is 42.6 Å². The van der Waals surface area contributed by atoms with Crippen molar-refractivity contribution in [3.05, 3.63) is 94.9 Å². The highest BCUT2D eigenvalue weighted by Gasteiger charge is 2.34. The van der Waals surface area contributed by atoms with Gasteiger partial charge in [-0.05, 0) is 94.2 Å². The van der Waals surface area contributed by atoms with Crippen molar-refractivity contribution in [1.29, 1.82) is 0 Å². The molecule has 5 heterocycles. The van der Waals surface area contributed by atoms with Crippen LogP contribution >= 0.6 is 0 Å². The number of piperidine rings is 1. The maximum atomic E-state index is 15.0. The zero-order valence-corrected chi connectivity index (χ0v) is 33.9. The first kappa shape index (κ1) is 39.5. The normalized spacial score (nSPS) is 24.0. The van der Waals surface area contributed by atoms with Gasteiger partial charge in [0.15, 0.2) is 5.82 Å². The minimum absolute atomic E-state index is 0.0303. The van der Waals surface area contributed by atoms with Gasteiger partial charge in [-0.15, -0.1) is 0 Å². The number of carbonyl (C=O) groups excluding carboxylic acids is 3. The molecular formula is C45H51FN10O4. The Kier molecular flexibility index (Phi) is 11.2. The number of piperazine rings is 1. The van der Waals surface area contributed by atoms with Crippen molar-refractivity contribution < 1.29 is 18.8 Å². The summed E-state index contributed by atoms with van der Waals surface area (Å²) in [5.74, 6) is -0.989. The van der Waals surface area contributed by atoms with Crippen LogP contribution in [0.5, 0.6) is 0 Å². The lowest BCUT2D eigenvalue weighted by Gasteiger charge is -2.43. The highest BCUT2D eigenvalue weighted by molar-refractivity contribution is 6.02. The van der Waals surface area contributed by atoms with Gasteiger partial charge in [0.05, 0.1) is 23.3 Å². The molecule has 0 spiro atoms. The Balaban J connectivity index is 0.720. The number of hydrogen-bond donors (Lipinski definition) is 3. The second-order valence-electron chi connectivity index (χ2n) is 16.8. The molecule has 4 aliphatic rings. The van der Waals surface area contributed by atoms with E-state index in [4.69, 9.17) is 5.10 Å². The van der Waals surface area contributed by atoms with Crippen LogP contribution in [0, 0.1) is 11.7 Å². The molecule has 3 N–H and O–H groups in total. The van der Waals surface area contributed by atoms with Crippen molar-refractivity contribution in [3.63, 3.8) is 0 Å². The molecule has 2 saturated heterocycles. The van der Waals surface area contributed by atoms with Crippen LogP contribution in [0.25, 0.3) is 27.8 Å². The SMILES string of the molecule is Cn1nc(C2CCC(=O)NC2=O)c2ccc(N3CCN([C@H]4CC[C@H](NC(=O)[C@H]5CC[C@H](Nc6ncc(F)c(-c7cccc(-n8ccccc8=O)c7)n6)CC5)CC4)CC3)cc21. The number of halogens is 1. The number of aromatic nitrogens is 5. The number of amides is 3. The van der Waals surface area contributed by atoms with Crippen LogP contribution in [0.4, 0.5) is 16.0 Å². The van der Waals surface area contributed by atoms with Gasteiger partial charge in [0, 0.05) is 98.3 Å². The number of pyridine rings is 1. The molecular weight excluding hydrogens is 764 g/mol. The van der Waals surface area contributed by atoms with Crippen LogP contribution in [0.1, 0.15) is 75.8 Å². The van der Waals surface area contributed by atoms with Crippen LogP contribution in [0.3, 0.4) is 0 Å². The van der Waals surface area contributed by atoms with Gasteiger partial charge in [0.1, 0.15) is 5.69 Å². The number of anilines is 2. The second-order valence-corrected chi connectivity index (χ2v) is 16.8. The second kappa shape index (κ2) is 17.0. The third kappa shape index (κ3) is 8.27. The number of benzene rings is 2. The Hall–Kier alpha value is -5.96. The van der Waals surface area contributed by atoms with Gasteiger partial charge in [-0.25, -0.2) is 14.4 Å². The molecule has 0 bridgehead atoms. The number of rotatable bonds is 9. The molecule has 2 aromatic carbocycles. The number of carbonyl (C=O) groups is 3. The molecule has 15 heteroatoms. The molecule has 312 valence electrons. The van der Waals surface area contributed by atoms with E-state index in [0.29, 0.717) is 36.1 Å². The van der Waals surface area contributed by atoms with Crippen molar-refractivity contribution in [3.8, 4) is 16.9 Å². The van der Waals surface area contributed by atoms with Crippen molar-refractivity contribution in [2.45, 2.75) is 88.3 Å². The summed E-state index contributed by atoms with van der Waals surface area (Å²) in [7, 11) is 1.91. The lowest BCUT2D eigenvalue weighted by molar-refractivity contribution is -0.134. The standard InChI is InChI=1S/C45H51FN10O4/c1-53-38-26-33(16-17-35(38)42(52-53)36-18-19-39(57)50-44(36)60)55-23-21-54(22-24-55)32-14-12-30(13-15-32)48-43(59)28-8-10-31(11-9-28)49-45-47-27-37(46)41(51-45)29-5-4-6-34(25-29)56-20-3-2-7-40(56)58/h2-7,16-17,20,25-28,30-32,36H,8-15,18-19,21-24H2,1H3,(H,48,59)(H,47,49,51)(H,50,57,60)/t28-,30-,31-,32-,36?. The average Bonchev–Trinajstić information content (AvgIpc) is 3.59. The van der Waals surface area contributed by atoms with Gasteiger partial charge in [-0.3, -0.25) is 38.6 Å². The Morgan fingerprint density at radius 3 is 2.38 bits per heavy atom. The predicted molar refractivity (Wildman–Crippen MR) is 226 cm³/mol. The molecule has 2 aliphatic carbocycles. The molecule has 2 saturated carbocycles. The Bertz CT molecular complexity index is 2460. The molecule has 14 nitrogen and oxygen atoms in total. The maximum absolute atomic E-state index is 15.0. The van der Waals surface area contributed by atoms with E-state index >= 15 is 0 Å². The minimum Gasteiger partial charge on any atom is -0.369 e. The van der Waals surface area contributed by atoms with Crippen LogP contribution < -0.4 is 26.4 Å². The number of nitrogens with zero attached hydrogens (tertiary/aromatic N) is 7. The molecule has 60 heavy (non-hydrogen) atoms. The van der Waals surface area contributed by atoms with Crippen LogP contribution in [-0.4, -0.2) is 91.2 Å². The molecule has 3 amide bonds. The summed E-state index contributed by atoms with van der Waals surface area (Å²) in [4.78, 5) is 63.8. The summed E-state index contributed by atoms with van der Waals surface area (Å²) in [6, 6.07) is 19.2. The van der Waals surface area contributed by atoms with Crippen LogP contribution in [0.15, 0.2) is 77.9 Å². The highest BCUT2D eigenvalue weighted by atomic mass is 19.1. The Labute approximate surface area is 347 Å². The molecule has 9 rings (SSSR count). The van der Waals surface area contributed by atoms with E-state index in [9.17, 15) is 23.6 Å². The first-order valence-electron chi connectivity index (χ1n) is 21.3. The summed E-state index contributed by atoms with van der Waals surface area (Å²) < 4.78 is 18.3. The first-order chi connectivity index (χ1) is 29.2. The van der Waals surface area contributed by atoms with E-state index in [-0.39, 0.29) is 47.0 Å². The molecule has 1 atom stereocenters. The Morgan fingerprint density at radius 1 is 0.833 bits per heavy atom. The number of nitrogens with one attached hydrogen (secondary N) is 3.